The number of hydrogen-bond acceptors (Lipinski definition) is 4. The first-order chi connectivity index (χ1) is 12.0. The maximum absolute atomic E-state index is 12.2. The summed E-state index contributed by atoms with van der Waals surface area (Å²) in [6.45, 7) is 2.22. The number of carboxylic acid groups (broad SMARTS) is 1. The van der Waals surface area contributed by atoms with Crippen LogP contribution in [0.5, 0.6) is 0 Å². The lowest BCUT2D eigenvalue weighted by Crippen LogP contribution is -2.24. The quantitative estimate of drug-likeness (QED) is 0.638. The van der Waals surface area contributed by atoms with Gasteiger partial charge in [0.2, 0.25) is 0 Å². The minimum atomic E-state index is -0.846. The fourth-order valence-corrected chi connectivity index (χ4v) is 2.19. The van der Waals surface area contributed by atoms with Gasteiger partial charge in [-0.3, -0.25) is 14.4 Å². The molecular formula is C18H20N2O5. The number of nitrogens with one attached hydrogen (secondary N) is 2. The van der Waals surface area contributed by atoms with Gasteiger partial charge in [-0.15, -0.1) is 0 Å². The number of hydrogen-bond donors (Lipinski definition) is 3. The van der Waals surface area contributed by atoms with Crippen LogP contribution in [0.25, 0.3) is 0 Å². The van der Waals surface area contributed by atoms with Gasteiger partial charge in [0.25, 0.3) is 11.8 Å². The molecule has 3 N–H and O–H groups in total. The van der Waals surface area contributed by atoms with Crippen LogP contribution >= 0.6 is 0 Å². The Labute approximate surface area is 145 Å². The Kier molecular flexibility index (Phi) is 6.33. The third-order valence-electron chi connectivity index (χ3n) is 3.60. The molecule has 1 aromatic carbocycles. The van der Waals surface area contributed by atoms with Gasteiger partial charge in [0.1, 0.15) is 0 Å². The van der Waals surface area contributed by atoms with Crippen LogP contribution in [0.2, 0.25) is 0 Å². The van der Waals surface area contributed by atoms with Crippen molar-refractivity contribution >= 4 is 23.5 Å². The van der Waals surface area contributed by atoms with Crippen LogP contribution in [0, 0.1) is 6.92 Å². The number of amides is 2. The van der Waals surface area contributed by atoms with Crippen molar-refractivity contribution in [2.75, 3.05) is 11.9 Å². The van der Waals surface area contributed by atoms with Crippen LogP contribution in [0.3, 0.4) is 0 Å². The lowest BCUT2D eigenvalue weighted by molar-refractivity contribution is -0.137. The van der Waals surface area contributed by atoms with Crippen molar-refractivity contribution in [3.8, 4) is 0 Å². The molecule has 2 aromatic rings. The van der Waals surface area contributed by atoms with E-state index in [0.29, 0.717) is 30.6 Å². The third kappa shape index (κ3) is 5.49. The molecular weight excluding hydrogens is 324 g/mol. The monoisotopic (exact) mass is 344 g/mol. The SMILES string of the molecule is Cc1ccc(C(=O)NCCCCC(=O)O)cc1NC(=O)c1ccco1. The number of carbonyl (C=O) groups excluding carboxylic acids is 2. The first kappa shape index (κ1) is 18.3. The minimum absolute atomic E-state index is 0.0867. The molecule has 2 rings (SSSR count). The molecule has 7 nitrogen and oxygen atoms in total. The smallest absolute Gasteiger partial charge is 0.303 e. The average Bonchev–Trinajstić information content (AvgIpc) is 3.10. The first-order valence-corrected chi connectivity index (χ1v) is 7.93. The van der Waals surface area contributed by atoms with E-state index in [1.165, 1.54) is 6.26 Å². The summed E-state index contributed by atoms with van der Waals surface area (Å²) in [6.07, 6.45) is 2.60. The molecule has 0 aliphatic heterocycles. The van der Waals surface area contributed by atoms with Gasteiger partial charge in [-0.1, -0.05) is 6.07 Å². The highest BCUT2D eigenvalue weighted by molar-refractivity contribution is 6.03. The van der Waals surface area contributed by atoms with E-state index in [9.17, 15) is 14.4 Å². The fourth-order valence-electron chi connectivity index (χ4n) is 2.19. The number of rotatable bonds is 8. The van der Waals surface area contributed by atoms with Gasteiger partial charge in [-0.25, -0.2) is 0 Å². The minimum Gasteiger partial charge on any atom is -0.481 e. The Morgan fingerprint density at radius 3 is 2.60 bits per heavy atom. The standard InChI is InChI=1S/C18H20N2O5/c1-12-7-8-13(17(23)19-9-3-2-6-16(21)22)11-14(12)20-18(24)15-5-4-10-25-15/h4-5,7-8,10-11H,2-3,6,9H2,1H3,(H,19,23)(H,20,24)(H,21,22). The molecule has 0 aliphatic carbocycles. The van der Waals surface area contributed by atoms with Gasteiger partial charge < -0.3 is 20.2 Å². The number of anilines is 1. The van der Waals surface area contributed by atoms with E-state index >= 15 is 0 Å². The zero-order valence-corrected chi connectivity index (χ0v) is 13.9. The van der Waals surface area contributed by atoms with E-state index in [4.69, 9.17) is 9.52 Å². The maximum Gasteiger partial charge on any atom is 0.303 e. The third-order valence-corrected chi connectivity index (χ3v) is 3.60. The number of furan rings is 1. The molecule has 1 heterocycles. The molecule has 0 radical (unpaired) electrons. The summed E-state index contributed by atoms with van der Waals surface area (Å²) in [7, 11) is 0. The molecule has 1 aromatic heterocycles. The van der Waals surface area contributed by atoms with E-state index in [2.05, 4.69) is 10.6 Å². The lowest BCUT2D eigenvalue weighted by Gasteiger charge is -2.10. The number of carbonyl (C=O) groups is 3. The van der Waals surface area contributed by atoms with E-state index in [-0.39, 0.29) is 24.0 Å². The van der Waals surface area contributed by atoms with Gasteiger partial charge in [-0.2, -0.15) is 0 Å². The second kappa shape index (κ2) is 8.68. The Morgan fingerprint density at radius 2 is 1.92 bits per heavy atom. The molecule has 0 bridgehead atoms. The lowest BCUT2D eigenvalue weighted by atomic mass is 10.1. The second-order valence-electron chi connectivity index (χ2n) is 5.57. The van der Waals surface area contributed by atoms with E-state index in [0.717, 1.165) is 5.56 Å². The van der Waals surface area contributed by atoms with Crippen molar-refractivity contribution in [2.45, 2.75) is 26.2 Å². The molecule has 0 fully saturated rings. The van der Waals surface area contributed by atoms with Crippen molar-refractivity contribution in [2.24, 2.45) is 0 Å². The Morgan fingerprint density at radius 1 is 1.12 bits per heavy atom. The normalized spacial score (nSPS) is 10.3. The molecule has 7 heteroatoms. The summed E-state index contributed by atoms with van der Waals surface area (Å²) in [5.74, 6) is -1.32. The summed E-state index contributed by atoms with van der Waals surface area (Å²) in [5, 5.41) is 14.0. The molecule has 25 heavy (non-hydrogen) atoms. The summed E-state index contributed by atoms with van der Waals surface area (Å²) >= 11 is 0. The highest BCUT2D eigenvalue weighted by atomic mass is 16.4. The second-order valence-corrected chi connectivity index (χ2v) is 5.57. The van der Waals surface area contributed by atoms with Crippen LogP contribution < -0.4 is 10.6 Å². The van der Waals surface area contributed by atoms with Crippen molar-refractivity contribution in [1.29, 1.82) is 0 Å². The summed E-state index contributed by atoms with van der Waals surface area (Å²) < 4.78 is 5.04. The number of benzene rings is 1. The molecule has 0 saturated heterocycles. The predicted octanol–water partition coefficient (Wildman–Crippen LogP) is 2.83. The number of unbranched alkanes of at least 4 members (excludes halogenated alkanes) is 1. The van der Waals surface area contributed by atoms with Gasteiger partial charge >= 0.3 is 5.97 Å². The van der Waals surface area contributed by atoms with Gasteiger partial charge in [0.15, 0.2) is 5.76 Å². The van der Waals surface area contributed by atoms with Crippen LogP contribution in [0.4, 0.5) is 5.69 Å². The molecule has 132 valence electrons. The average molecular weight is 344 g/mol. The number of carboxylic acids is 1. The predicted molar refractivity (Wildman–Crippen MR) is 91.7 cm³/mol. The highest BCUT2D eigenvalue weighted by Crippen LogP contribution is 2.18. The molecule has 0 spiro atoms. The van der Waals surface area contributed by atoms with E-state index < -0.39 is 5.97 Å². The molecule has 0 unspecified atom stereocenters. The van der Waals surface area contributed by atoms with Crippen LogP contribution in [0.1, 0.15) is 45.7 Å². The van der Waals surface area contributed by atoms with Crippen LogP contribution in [-0.2, 0) is 4.79 Å². The van der Waals surface area contributed by atoms with Gasteiger partial charge in [-0.05, 0) is 49.6 Å². The van der Waals surface area contributed by atoms with Crippen molar-refractivity contribution in [3.05, 3.63) is 53.5 Å². The first-order valence-electron chi connectivity index (χ1n) is 7.93. The molecule has 0 saturated carbocycles. The summed E-state index contributed by atoms with van der Waals surface area (Å²) in [6, 6.07) is 8.19. The van der Waals surface area contributed by atoms with Crippen molar-refractivity contribution in [3.63, 3.8) is 0 Å². The summed E-state index contributed by atoms with van der Waals surface area (Å²) in [5.41, 5.74) is 1.76. The fraction of sp³-hybridized carbons (Fsp3) is 0.278. The van der Waals surface area contributed by atoms with Gasteiger partial charge in [0, 0.05) is 24.2 Å². The Bertz CT molecular complexity index is 753. The van der Waals surface area contributed by atoms with E-state index in [1.54, 1.807) is 30.3 Å². The Balaban J connectivity index is 1.94. The largest absolute Gasteiger partial charge is 0.481 e. The van der Waals surface area contributed by atoms with Crippen molar-refractivity contribution < 1.29 is 23.9 Å². The molecule has 0 atom stereocenters. The number of aryl methyl sites for hydroxylation is 1. The van der Waals surface area contributed by atoms with E-state index in [1.807, 2.05) is 6.92 Å². The highest BCUT2D eigenvalue weighted by Gasteiger charge is 2.13. The number of aliphatic carboxylic acids is 1. The van der Waals surface area contributed by atoms with Crippen LogP contribution in [0.15, 0.2) is 41.0 Å². The maximum atomic E-state index is 12.2. The van der Waals surface area contributed by atoms with Crippen molar-refractivity contribution in [1.82, 2.24) is 5.32 Å². The Hall–Kier alpha value is -3.09. The summed E-state index contributed by atoms with van der Waals surface area (Å²) in [4.78, 5) is 34.6. The van der Waals surface area contributed by atoms with Gasteiger partial charge in [0.05, 0.1) is 6.26 Å². The zero-order chi connectivity index (χ0) is 18.2. The zero-order valence-electron chi connectivity index (χ0n) is 13.9. The van der Waals surface area contributed by atoms with Crippen LogP contribution in [-0.4, -0.2) is 29.4 Å². The molecule has 0 aliphatic rings. The topological polar surface area (TPSA) is 109 Å². The molecule has 2 amide bonds.